The Kier molecular flexibility index (Phi) is 13.5. The van der Waals surface area contributed by atoms with Gasteiger partial charge in [-0.15, -0.1) is 0 Å². The lowest BCUT2D eigenvalue weighted by Gasteiger charge is -2.39. The normalized spacial score (nSPS) is 20.3. The number of aldehydes is 1. The van der Waals surface area contributed by atoms with E-state index in [0.29, 0.717) is 38.8 Å². The minimum atomic E-state index is -0.465. The van der Waals surface area contributed by atoms with Crippen molar-refractivity contribution in [3.63, 3.8) is 0 Å². The summed E-state index contributed by atoms with van der Waals surface area (Å²) >= 11 is 0. The van der Waals surface area contributed by atoms with E-state index in [-0.39, 0.29) is 18.7 Å². The summed E-state index contributed by atoms with van der Waals surface area (Å²) in [7, 11) is 2.21. The highest BCUT2D eigenvalue weighted by Crippen LogP contribution is 2.31. The molecule has 7 rings (SSSR count). The minimum Gasteiger partial charge on any atom is -0.490 e. The second-order valence-electron chi connectivity index (χ2n) is 13.4. The standard InChI is InChI=1S/C17H21N3O4.C10H20N2O.C10H13NO/c21-11-12-24-17(23)19-8-6-14(7-9-19)20-10-5-13-3-1-2-4-15(13)18-16(20)22;1-11-4-6-12(7-5-11)10-2-8-13-9-3-10;1-7-5-8(2)10-9(6-7)12-4-3-11-10/h1-4,11,14H,5-10,12H2,(H,18,22);10H,2-9H2,1H3;5-6,11H,3-4H2,1-2H3. The Hall–Kier alpha value is -3.87. The first-order chi connectivity index (χ1) is 23.8. The summed E-state index contributed by atoms with van der Waals surface area (Å²) in [6.45, 7) is 14.3. The number of benzene rings is 2. The van der Waals surface area contributed by atoms with Crippen LogP contribution >= 0.6 is 0 Å². The van der Waals surface area contributed by atoms with Crippen LogP contribution in [-0.4, -0.2) is 136 Å². The number of carbonyl (C=O) groups is 3. The van der Waals surface area contributed by atoms with Crippen LogP contribution in [0.4, 0.5) is 21.0 Å². The Morgan fingerprint density at radius 3 is 2.41 bits per heavy atom. The van der Waals surface area contributed by atoms with E-state index in [1.165, 1.54) is 50.1 Å². The molecule has 0 aromatic heterocycles. The molecule has 2 N–H and O–H groups in total. The fourth-order valence-corrected chi connectivity index (χ4v) is 7.14. The summed E-state index contributed by atoms with van der Waals surface area (Å²) in [5.74, 6) is 0.999. The Balaban J connectivity index is 0.000000157. The second kappa shape index (κ2) is 18.2. The van der Waals surface area contributed by atoms with Gasteiger partial charge in [0.05, 0.1) is 5.69 Å². The van der Waals surface area contributed by atoms with E-state index >= 15 is 0 Å². The minimum absolute atomic E-state index is 0.0815. The first kappa shape index (κ1) is 36.4. The first-order valence-corrected chi connectivity index (χ1v) is 17.8. The molecule has 0 bridgehead atoms. The molecule has 0 saturated carbocycles. The van der Waals surface area contributed by atoms with Crippen molar-refractivity contribution in [3.05, 3.63) is 53.1 Å². The number of nitrogens with one attached hydrogen (secondary N) is 2. The number of urea groups is 1. The quantitative estimate of drug-likeness (QED) is 0.455. The largest absolute Gasteiger partial charge is 0.490 e. The molecule has 3 amide bonds. The van der Waals surface area contributed by atoms with Crippen molar-refractivity contribution in [2.24, 2.45) is 0 Å². The van der Waals surface area contributed by atoms with Crippen LogP contribution in [0.5, 0.6) is 5.75 Å². The number of nitrogens with zero attached hydrogens (tertiary/aromatic N) is 4. The fraction of sp³-hybridized carbons (Fsp3) is 0.595. The molecule has 2 aromatic rings. The molecule has 5 aliphatic heterocycles. The number of rotatable bonds is 4. The van der Waals surface area contributed by atoms with Crippen molar-refractivity contribution in [1.82, 2.24) is 19.6 Å². The zero-order chi connectivity index (χ0) is 34.6. The average Bonchev–Trinajstić information content (AvgIpc) is 3.30. The molecule has 5 heterocycles. The molecule has 0 atom stereocenters. The number of hydrogen-bond donors (Lipinski definition) is 2. The van der Waals surface area contributed by atoms with Crippen LogP contribution in [-0.2, 0) is 20.7 Å². The van der Waals surface area contributed by atoms with Crippen LogP contribution in [0.15, 0.2) is 36.4 Å². The number of fused-ring (bicyclic) bond motifs is 2. The van der Waals surface area contributed by atoms with E-state index in [4.69, 9.17) is 14.2 Å². The predicted molar refractivity (Wildman–Crippen MR) is 191 cm³/mol. The molecular formula is C37H54N6O6. The van der Waals surface area contributed by atoms with Gasteiger partial charge in [-0.3, -0.25) is 9.69 Å². The summed E-state index contributed by atoms with van der Waals surface area (Å²) < 4.78 is 15.7. The molecule has 0 unspecified atom stereocenters. The number of anilines is 2. The number of likely N-dealkylation sites (N-methyl/N-ethyl adjacent to an activating group) is 1. The van der Waals surface area contributed by atoms with Crippen LogP contribution < -0.4 is 15.4 Å². The number of hydrogen-bond acceptors (Lipinski definition) is 9. The Morgan fingerprint density at radius 1 is 0.939 bits per heavy atom. The van der Waals surface area contributed by atoms with Gasteiger partial charge in [-0.25, -0.2) is 9.59 Å². The molecule has 0 spiro atoms. The van der Waals surface area contributed by atoms with Gasteiger partial charge in [-0.1, -0.05) is 24.3 Å². The predicted octanol–water partition coefficient (Wildman–Crippen LogP) is 4.40. The number of likely N-dealkylation sites (tertiary alicyclic amines) is 1. The third-order valence-corrected chi connectivity index (χ3v) is 9.93. The molecule has 0 aliphatic carbocycles. The Morgan fingerprint density at radius 2 is 1.67 bits per heavy atom. The highest BCUT2D eigenvalue weighted by atomic mass is 16.6. The van der Waals surface area contributed by atoms with Crippen LogP contribution in [0.3, 0.4) is 0 Å². The summed E-state index contributed by atoms with van der Waals surface area (Å²) in [6, 6.07) is 12.9. The molecule has 268 valence electrons. The SMILES string of the molecule is CN1CCN(C2CCOCC2)CC1.Cc1cc(C)c2c(c1)OCCN2.O=CCOC(=O)N1CCC(N2CCc3ccccc3NC2=O)CC1. The molecule has 0 radical (unpaired) electrons. The number of para-hydroxylation sites is 1. The van der Waals surface area contributed by atoms with Gasteiger partial charge in [-0.2, -0.15) is 0 Å². The number of aryl methyl sites for hydroxylation is 2. The van der Waals surface area contributed by atoms with Gasteiger partial charge in [-0.05, 0) is 81.8 Å². The maximum Gasteiger partial charge on any atom is 0.410 e. The van der Waals surface area contributed by atoms with E-state index in [0.717, 1.165) is 61.5 Å². The van der Waals surface area contributed by atoms with Crippen LogP contribution in [0.25, 0.3) is 0 Å². The molecule has 12 heteroatoms. The number of piperazine rings is 1. The summed E-state index contributed by atoms with van der Waals surface area (Å²) in [5.41, 5.74) is 5.70. The molecule has 3 saturated heterocycles. The van der Waals surface area contributed by atoms with Crippen LogP contribution in [0.1, 0.15) is 42.4 Å². The van der Waals surface area contributed by atoms with Gasteiger partial charge in [0.1, 0.15) is 19.0 Å². The van der Waals surface area contributed by atoms with Gasteiger partial charge in [0, 0.05) is 83.3 Å². The number of carbonyl (C=O) groups excluding carboxylic acids is 3. The Bertz CT molecular complexity index is 1390. The van der Waals surface area contributed by atoms with Crippen LogP contribution in [0.2, 0.25) is 0 Å². The molecule has 3 fully saturated rings. The van der Waals surface area contributed by atoms with E-state index in [2.05, 4.69) is 53.5 Å². The lowest BCUT2D eigenvalue weighted by atomic mass is 10.0. The molecule has 2 aromatic carbocycles. The smallest absolute Gasteiger partial charge is 0.410 e. The zero-order valence-electron chi connectivity index (χ0n) is 29.5. The summed E-state index contributed by atoms with van der Waals surface area (Å²) in [6.07, 6.45) is 4.81. The van der Waals surface area contributed by atoms with Crippen molar-refractivity contribution < 1.29 is 28.6 Å². The van der Waals surface area contributed by atoms with Crippen molar-refractivity contribution in [2.75, 3.05) is 96.5 Å². The van der Waals surface area contributed by atoms with Gasteiger partial charge in [0.15, 0.2) is 6.29 Å². The van der Waals surface area contributed by atoms with Gasteiger partial charge >= 0.3 is 12.1 Å². The monoisotopic (exact) mass is 678 g/mol. The lowest BCUT2D eigenvalue weighted by molar-refractivity contribution is -0.110. The van der Waals surface area contributed by atoms with Crippen molar-refractivity contribution >= 4 is 29.8 Å². The topological polar surface area (TPSA) is 116 Å². The van der Waals surface area contributed by atoms with Crippen LogP contribution in [0, 0.1) is 13.8 Å². The summed E-state index contributed by atoms with van der Waals surface area (Å²) in [4.78, 5) is 43.0. The fourth-order valence-electron chi connectivity index (χ4n) is 7.14. The van der Waals surface area contributed by atoms with E-state index < -0.39 is 6.09 Å². The van der Waals surface area contributed by atoms with E-state index in [1.807, 2.05) is 29.2 Å². The molecule has 5 aliphatic rings. The van der Waals surface area contributed by atoms with E-state index in [1.54, 1.807) is 4.90 Å². The number of piperidine rings is 1. The number of ether oxygens (including phenoxy) is 3. The lowest BCUT2D eigenvalue weighted by Crippen LogP contribution is -2.50. The maximum atomic E-state index is 12.5. The second-order valence-corrected chi connectivity index (χ2v) is 13.4. The third kappa shape index (κ3) is 10.3. The van der Waals surface area contributed by atoms with Gasteiger partial charge in [0.25, 0.3) is 0 Å². The van der Waals surface area contributed by atoms with Gasteiger partial charge < -0.3 is 39.5 Å². The van der Waals surface area contributed by atoms with E-state index in [9.17, 15) is 14.4 Å². The molecular weight excluding hydrogens is 624 g/mol. The van der Waals surface area contributed by atoms with Gasteiger partial charge in [0.2, 0.25) is 0 Å². The summed E-state index contributed by atoms with van der Waals surface area (Å²) in [5, 5.41) is 6.31. The molecule has 49 heavy (non-hydrogen) atoms. The maximum absolute atomic E-state index is 12.5. The van der Waals surface area contributed by atoms with Crippen molar-refractivity contribution in [2.45, 2.75) is 58.0 Å². The number of amides is 3. The molecule has 12 nitrogen and oxygen atoms in total. The van der Waals surface area contributed by atoms with Crippen molar-refractivity contribution in [1.29, 1.82) is 0 Å². The average molecular weight is 679 g/mol. The highest BCUT2D eigenvalue weighted by Gasteiger charge is 2.31. The first-order valence-electron chi connectivity index (χ1n) is 17.8. The Labute approximate surface area is 291 Å². The highest BCUT2D eigenvalue weighted by molar-refractivity contribution is 5.91. The third-order valence-electron chi connectivity index (χ3n) is 9.93. The zero-order valence-corrected chi connectivity index (χ0v) is 29.5. The van der Waals surface area contributed by atoms with Crippen molar-refractivity contribution in [3.8, 4) is 5.75 Å².